The molecule has 2 aromatic carbocycles. The summed E-state index contributed by atoms with van der Waals surface area (Å²) in [6, 6.07) is 12.2. The molecule has 6 heteroatoms. The Bertz CT molecular complexity index is 752. The summed E-state index contributed by atoms with van der Waals surface area (Å²) >= 11 is 0. The number of hydrogen-bond donors (Lipinski definition) is 1. The first kappa shape index (κ1) is 17.1. The Hall–Kier alpha value is -2.76. The van der Waals surface area contributed by atoms with Gasteiger partial charge in [-0.2, -0.15) is 0 Å². The molecule has 1 N–H and O–H groups in total. The number of carbonyl (C=O) groups is 2. The van der Waals surface area contributed by atoms with Crippen molar-refractivity contribution < 1.29 is 18.4 Å². The van der Waals surface area contributed by atoms with Crippen molar-refractivity contribution in [3.8, 4) is 0 Å². The van der Waals surface area contributed by atoms with Crippen LogP contribution in [0.15, 0.2) is 48.5 Å². The van der Waals surface area contributed by atoms with Crippen LogP contribution in [-0.2, 0) is 0 Å². The van der Waals surface area contributed by atoms with Gasteiger partial charge in [0.15, 0.2) is 0 Å². The van der Waals surface area contributed by atoms with Crippen LogP contribution in [0.25, 0.3) is 0 Å². The van der Waals surface area contributed by atoms with Crippen molar-refractivity contribution in [2.45, 2.75) is 18.9 Å². The minimum absolute atomic E-state index is 0.0674. The van der Waals surface area contributed by atoms with Gasteiger partial charge in [0.2, 0.25) is 0 Å². The molecule has 1 aliphatic heterocycles. The minimum Gasteiger partial charge on any atom is -0.349 e. The van der Waals surface area contributed by atoms with Gasteiger partial charge in [-0.15, -0.1) is 0 Å². The van der Waals surface area contributed by atoms with E-state index < -0.39 is 23.1 Å². The molecule has 3 rings (SSSR count). The van der Waals surface area contributed by atoms with Crippen LogP contribution in [0.2, 0.25) is 0 Å². The summed E-state index contributed by atoms with van der Waals surface area (Å²) in [6.45, 7) is 0.679. The fraction of sp³-hybridized carbons (Fsp3) is 0.263. The van der Waals surface area contributed by atoms with Crippen LogP contribution >= 0.6 is 0 Å². The van der Waals surface area contributed by atoms with Crippen molar-refractivity contribution in [3.05, 3.63) is 71.3 Å². The summed E-state index contributed by atoms with van der Waals surface area (Å²) in [5.74, 6) is -2.53. The third kappa shape index (κ3) is 3.84. The predicted molar refractivity (Wildman–Crippen MR) is 89.2 cm³/mol. The normalized spacial score (nSPS) is 15.0. The third-order valence-corrected chi connectivity index (χ3v) is 4.33. The zero-order valence-electron chi connectivity index (χ0n) is 13.5. The molecule has 4 nitrogen and oxygen atoms in total. The number of likely N-dealkylation sites (tertiary alicyclic amines) is 1. The first-order chi connectivity index (χ1) is 12.1. The van der Waals surface area contributed by atoms with Gasteiger partial charge in [-0.25, -0.2) is 8.78 Å². The number of amides is 2. The van der Waals surface area contributed by atoms with Crippen LogP contribution in [-0.4, -0.2) is 35.8 Å². The smallest absolute Gasteiger partial charge is 0.259 e. The molecule has 0 spiro atoms. The molecule has 0 atom stereocenters. The summed E-state index contributed by atoms with van der Waals surface area (Å²) in [6.07, 6.45) is 1.08. The zero-order chi connectivity index (χ0) is 17.8. The number of carbonyl (C=O) groups excluding carboxylic acids is 2. The van der Waals surface area contributed by atoms with Crippen molar-refractivity contribution in [1.82, 2.24) is 10.2 Å². The molecule has 1 saturated heterocycles. The predicted octanol–water partition coefficient (Wildman–Crippen LogP) is 3.00. The Labute approximate surface area is 144 Å². The number of nitrogens with zero attached hydrogens (tertiary/aromatic N) is 1. The largest absolute Gasteiger partial charge is 0.349 e. The number of benzene rings is 2. The molecule has 1 aliphatic rings. The van der Waals surface area contributed by atoms with Crippen LogP contribution in [0.4, 0.5) is 8.78 Å². The van der Waals surface area contributed by atoms with Gasteiger partial charge in [0.05, 0.1) is 0 Å². The Kier molecular flexibility index (Phi) is 5.07. The van der Waals surface area contributed by atoms with Crippen LogP contribution in [0.5, 0.6) is 0 Å². The highest BCUT2D eigenvalue weighted by Crippen LogP contribution is 2.18. The third-order valence-electron chi connectivity index (χ3n) is 4.33. The van der Waals surface area contributed by atoms with E-state index in [-0.39, 0.29) is 11.9 Å². The fourth-order valence-electron chi connectivity index (χ4n) is 2.95. The molecule has 1 fully saturated rings. The molecule has 0 bridgehead atoms. The topological polar surface area (TPSA) is 49.4 Å². The molecule has 2 amide bonds. The second-order valence-corrected chi connectivity index (χ2v) is 6.00. The maximum absolute atomic E-state index is 13.7. The number of rotatable bonds is 3. The maximum atomic E-state index is 13.7. The molecule has 0 aromatic heterocycles. The van der Waals surface area contributed by atoms with Gasteiger partial charge in [-0.1, -0.05) is 24.3 Å². The maximum Gasteiger partial charge on any atom is 0.259 e. The SMILES string of the molecule is O=C(NC1CCN(C(=O)c2c(F)cccc2F)CC1)c1ccccc1. The fourth-order valence-corrected chi connectivity index (χ4v) is 2.95. The highest BCUT2D eigenvalue weighted by molar-refractivity contribution is 5.95. The Morgan fingerprint density at radius 3 is 2.12 bits per heavy atom. The van der Waals surface area contributed by atoms with Gasteiger partial charge >= 0.3 is 0 Å². The van der Waals surface area contributed by atoms with E-state index in [9.17, 15) is 18.4 Å². The number of nitrogens with one attached hydrogen (secondary N) is 1. The van der Waals surface area contributed by atoms with E-state index in [1.807, 2.05) is 6.07 Å². The van der Waals surface area contributed by atoms with Crippen LogP contribution < -0.4 is 5.32 Å². The van der Waals surface area contributed by atoms with Crippen molar-refractivity contribution in [2.24, 2.45) is 0 Å². The van der Waals surface area contributed by atoms with E-state index in [2.05, 4.69) is 5.32 Å². The molecule has 0 unspecified atom stereocenters. The van der Waals surface area contributed by atoms with Gasteiger partial charge in [-0.3, -0.25) is 9.59 Å². The Morgan fingerprint density at radius 1 is 0.920 bits per heavy atom. The Balaban J connectivity index is 1.59. The lowest BCUT2D eigenvalue weighted by atomic mass is 10.0. The average molecular weight is 344 g/mol. The van der Waals surface area contributed by atoms with Crippen molar-refractivity contribution in [3.63, 3.8) is 0 Å². The lowest BCUT2D eigenvalue weighted by Crippen LogP contribution is -2.46. The lowest BCUT2D eigenvalue weighted by molar-refractivity contribution is 0.0689. The molecular weight excluding hydrogens is 326 g/mol. The highest BCUT2D eigenvalue weighted by atomic mass is 19.1. The zero-order valence-corrected chi connectivity index (χ0v) is 13.5. The second kappa shape index (κ2) is 7.42. The van der Waals surface area contributed by atoms with E-state index in [0.717, 1.165) is 12.1 Å². The molecule has 2 aromatic rings. The van der Waals surface area contributed by atoms with E-state index >= 15 is 0 Å². The summed E-state index contributed by atoms with van der Waals surface area (Å²) in [5, 5.41) is 2.93. The molecule has 1 heterocycles. The van der Waals surface area contributed by atoms with Crippen molar-refractivity contribution in [1.29, 1.82) is 0 Å². The molecule has 0 saturated carbocycles. The van der Waals surface area contributed by atoms with E-state index in [0.29, 0.717) is 31.5 Å². The molecule has 0 radical (unpaired) electrons. The van der Waals surface area contributed by atoms with E-state index in [1.54, 1.807) is 24.3 Å². The summed E-state index contributed by atoms with van der Waals surface area (Å²) < 4.78 is 27.5. The van der Waals surface area contributed by atoms with Gasteiger partial charge < -0.3 is 10.2 Å². The first-order valence-electron chi connectivity index (χ1n) is 8.15. The molecular formula is C19H18F2N2O2. The van der Waals surface area contributed by atoms with Crippen LogP contribution in [0.3, 0.4) is 0 Å². The van der Waals surface area contributed by atoms with Gasteiger partial charge in [0.1, 0.15) is 17.2 Å². The van der Waals surface area contributed by atoms with Gasteiger partial charge in [0, 0.05) is 24.7 Å². The van der Waals surface area contributed by atoms with Crippen molar-refractivity contribution >= 4 is 11.8 Å². The molecule has 25 heavy (non-hydrogen) atoms. The highest BCUT2D eigenvalue weighted by Gasteiger charge is 2.28. The van der Waals surface area contributed by atoms with Gasteiger partial charge in [-0.05, 0) is 37.1 Å². The number of hydrogen-bond acceptors (Lipinski definition) is 2. The Morgan fingerprint density at radius 2 is 1.52 bits per heavy atom. The molecule has 130 valence electrons. The lowest BCUT2D eigenvalue weighted by Gasteiger charge is -2.32. The van der Waals surface area contributed by atoms with Crippen molar-refractivity contribution in [2.75, 3.05) is 13.1 Å². The van der Waals surface area contributed by atoms with E-state index in [4.69, 9.17) is 0 Å². The number of halogens is 2. The first-order valence-corrected chi connectivity index (χ1v) is 8.15. The standard InChI is InChI=1S/C19H18F2N2O2/c20-15-7-4-8-16(21)17(15)19(25)23-11-9-14(10-12-23)22-18(24)13-5-2-1-3-6-13/h1-8,14H,9-12H2,(H,22,24). The van der Waals surface area contributed by atoms with Gasteiger partial charge in [0.25, 0.3) is 11.8 Å². The minimum atomic E-state index is -0.857. The average Bonchev–Trinajstić information content (AvgIpc) is 2.63. The monoisotopic (exact) mass is 344 g/mol. The quantitative estimate of drug-likeness (QED) is 0.931. The molecule has 0 aliphatic carbocycles. The summed E-state index contributed by atoms with van der Waals surface area (Å²) in [5.41, 5.74) is 0.0590. The summed E-state index contributed by atoms with van der Waals surface area (Å²) in [7, 11) is 0. The van der Waals surface area contributed by atoms with Crippen LogP contribution in [0, 0.1) is 11.6 Å². The summed E-state index contributed by atoms with van der Waals surface area (Å²) in [4.78, 5) is 25.9. The van der Waals surface area contributed by atoms with E-state index in [1.165, 1.54) is 11.0 Å². The number of piperidine rings is 1. The van der Waals surface area contributed by atoms with Crippen LogP contribution in [0.1, 0.15) is 33.6 Å². The second-order valence-electron chi connectivity index (χ2n) is 6.00.